The van der Waals surface area contributed by atoms with Crippen molar-refractivity contribution in [1.29, 1.82) is 0 Å². The third-order valence-electron chi connectivity index (χ3n) is 6.40. The van der Waals surface area contributed by atoms with Gasteiger partial charge in [-0.3, -0.25) is 9.36 Å². The Bertz CT molecular complexity index is 1500. The van der Waals surface area contributed by atoms with E-state index >= 15 is 0 Å². The molecule has 0 N–H and O–H groups in total. The SMILES string of the molecule is CCn1cc(C(F)(F)F)nc1-c1ccc(Cn2c(-c3c(OC)ncnc3C3CC3)ncc(C)c2=O)cc1. The first-order valence-corrected chi connectivity index (χ1v) is 11.9. The molecule has 192 valence electrons. The summed E-state index contributed by atoms with van der Waals surface area (Å²) in [6.07, 6.45) is 1.47. The summed E-state index contributed by atoms with van der Waals surface area (Å²) < 4.78 is 48.1. The number of ether oxygens (including phenoxy) is 1. The average Bonchev–Trinajstić information content (AvgIpc) is 3.64. The summed E-state index contributed by atoms with van der Waals surface area (Å²) in [6.45, 7) is 4.00. The number of aryl methyl sites for hydroxylation is 2. The van der Waals surface area contributed by atoms with Gasteiger partial charge in [-0.25, -0.2) is 19.9 Å². The lowest BCUT2D eigenvalue weighted by molar-refractivity contribution is -0.140. The predicted molar refractivity (Wildman–Crippen MR) is 130 cm³/mol. The molecule has 3 aromatic heterocycles. The van der Waals surface area contributed by atoms with E-state index in [1.165, 1.54) is 24.2 Å². The Morgan fingerprint density at radius 1 is 1.08 bits per heavy atom. The molecule has 8 nitrogen and oxygen atoms in total. The largest absolute Gasteiger partial charge is 0.480 e. The molecule has 1 fully saturated rings. The zero-order chi connectivity index (χ0) is 26.3. The van der Waals surface area contributed by atoms with E-state index in [9.17, 15) is 18.0 Å². The van der Waals surface area contributed by atoms with E-state index in [1.807, 2.05) is 0 Å². The Morgan fingerprint density at radius 2 is 1.81 bits per heavy atom. The molecule has 0 unspecified atom stereocenters. The Morgan fingerprint density at radius 3 is 2.43 bits per heavy atom. The molecule has 1 saturated carbocycles. The van der Waals surface area contributed by atoms with Crippen LogP contribution in [0.2, 0.25) is 0 Å². The second-order valence-corrected chi connectivity index (χ2v) is 9.00. The van der Waals surface area contributed by atoms with Crippen molar-refractivity contribution in [2.45, 2.75) is 51.9 Å². The third-order valence-corrected chi connectivity index (χ3v) is 6.40. The van der Waals surface area contributed by atoms with E-state index in [-0.39, 0.29) is 23.8 Å². The number of aromatic nitrogens is 6. The van der Waals surface area contributed by atoms with E-state index in [0.717, 1.165) is 30.3 Å². The molecule has 0 atom stereocenters. The molecule has 0 saturated heterocycles. The average molecular weight is 511 g/mol. The fourth-order valence-electron chi connectivity index (χ4n) is 4.32. The summed E-state index contributed by atoms with van der Waals surface area (Å²) in [6, 6.07) is 6.96. The molecule has 5 rings (SSSR count). The maximum atomic E-state index is 13.3. The molecule has 0 aliphatic heterocycles. The van der Waals surface area contributed by atoms with Gasteiger partial charge >= 0.3 is 6.18 Å². The number of imidazole rings is 1. The molecule has 4 aromatic rings. The second-order valence-electron chi connectivity index (χ2n) is 9.00. The molecule has 0 amide bonds. The van der Waals surface area contributed by atoms with Gasteiger partial charge in [0.25, 0.3) is 5.56 Å². The van der Waals surface area contributed by atoms with E-state index < -0.39 is 11.9 Å². The number of rotatable bonds is 7. The van der Waals surface area contributed by atoms with Crippen molar-refractivity contribution in [3.05, 3.63) is 75.9 Å². The molecule has 3 heterocycles. The Kier molecular flexibility index (Phi) is 6.30. The van der Waals surface area contributed by atoms with Crippen LogP contribution in [0.5, 0.6) is 5.88 Å². The van der Waals surface area contributed by atoms with E-state index in [0.29, 0.717) is 34.9 Å². The van der Waals surface area contributed by atoms with Crippen molar-refractivity contribution in [1.82, 2.24) is 29.1 Å². The van der Waals surface area contributed by atoms with Crippen LogP contribution in [0.25, 0.3) is 22.8 Å². The summed E-state index contributed by atoms with van der Waals surface area (Å²) in [5, 5.41) is 0. The number of benzene rings is 1. The van der Waals surface area contributed by atoms with Crippen LogP contribution in [0.4, 0.5) is 13.2 Å². The zero-order valence-electron chi connectivity index (χ0n) is 20.6. The van der Waals surface area contributed by atoms with Crippen molar-refractivity contribution < 1.29 is 17.9 Å². The first kappa shape index (κ1) is 24.7. The van der Waals surface area contributed by atoms with Crippen molar-refractivity contribution in [3.63, 3.8) is 0 Å². The van der Waals surface area contributed by atoms with Crippen LogP contribution >= 0.6 is 0 Å². The van der Waals surface area contributed by atoms with E-state index in [1.54, 1.807) is 42.7 Å². The van der Waals surface area contributed by atoms with Crippen LogP contribution in [-0.2, 0) is 19.3 Å². The van der Waals surface area contributed by atoms with Crippen molar-refractivity contribution in [3.8, 4) is 28.7 Å². The highest BCUT2D eigenvalue weighted by atomic mass is 19.4. The number of hydrogen-bond acceptors (Lipinski definition) is 6. The van der Waals surface area contributed by atoms with Gasteiger partial charge in [-0.15, -0.1) is 0 Å². The lowest BCUT2D eigenvalue weighted by Crippen LogP contribution is -2.26. The van der Waals surface area contributed by atoms with Gasteiger partial charge in [0.05, 0.1) is 19.3 Å². The first-order chi connectivity index (χ1) is 17.7. The maximum absolute atomic E-state index is 13.3. The normalized spacial score (nSPS) is 13.7. The molecular formula is C26H25F3N6O2. The first-order valence-electron chi connectivity index (χ1n) is 11.9. The molecular weight excluding hydrogens is 485 g/mol. The van der Waals surface area contributed by atoms with Crippen molar-refractivity contribution in [2.75, 3.05) is 7.11 Å². The minimum atomic E-state index is -4.52. The number of nitrogens with zero attached hydrogens (tertiary/aromatic N) is 6. The number of hydrogen-bond donors (Lipinski definition) is 0. The summed E-state index contributed by atoms with van der Waals surface area (Å²) in [5.41, 5.74) is 2.07. The monoisotopic (exact) mass is 510 g/mol. The zero-order valence-corrected chi connectivity index (χ0v) is 20.6. The maximum Gasteiger partial charge on any atom is 0.434 e. The van der Waals surface area contributed by atoms with Gasteiger partial charge in [0.1, 0.15) is 23.5 Å². The molecule has 11 heteroatoms. The molecule has 0 bridgehead atoms. The summed E-state index contributed by atoms with van der Waals surface area (Å²) in [7, 11) is 1.52. The van der Waals surface area contributed by atoms with Gasteiger partial charge in [0.2, 0.25) is 5.88 Å². The molecule has 1 aromatic carbocycles. The van der Waals surface area contributed by atoms with Gasteiger partial charge in [0, 0.05) is 36.0 Å². The topological polar surface area (TPSA) is 87.7 Å². The summed E-state index contributed by atoms with van der Waals surface area (Å²) in [5.74, 6) is 1.26. The molecule has 1 aliphatic rings. The lowest BCUT2D eigenvalue weighted by Gasteiger charge is -2.17. The Hall–Kier alpha value is -4.02. The Labute approximate surface area is 210 Å². The standard InChI is InChI=1S/C26H25F3N6O2/c1-4-34-13-19(26(27,28)29)33-22(34)18-7-5-16(6-8-18)12-35-23(30-11-15(2)25(35)36)20-21(17-9-10-17)31-14-32-24(20)37-3/h5-8,11,13-14,17H,4,9-10,12H2,1-3H3. The highest BCUT2D eigenvalue weighted by molar-refractivity contribution is 5.66. The smallest absolute Gasteiger partial charge is 0.434 e. The lowest BCUT2D eigenvalue weighted by atomic mass is 10.1. The minimum absolute atomic E-state index is 0.196. The summed E-state index contributed by atoms with van der Waals surface area (Å²) in [4.78, 5) is 30.4. The number of methoxy groups -OCH3 is 1. The van der Waals surface area contributed by atoms with Crippen molar-refractivity contribution in [2.24, 2.45) is 0 Å². The van der Waals surface area contributed by atoms with Crippen LogP contribution in [0, 0.1) is 6.92 Å². The molecule has 1 aliphatic carbocycles. The minimum Gasteiger partial charge on any atom is -0.480 e. The molecule has 0 radical (unpaired) electrons. The van der Waals surface area contributed by atoms with Gasteiger partial charge < -0.3 is 9.30 Å². The third kappa shape index (κ3) is 4.73. The van der Waals surface area contributed by atoms with Gasteiger partial charge in [-0.1, -0.05) is 24.3 Å². The number of alkyl halides is 3. The Balaban J connectivity index is 1.54. The fraction of sp³-hybridized carbons (Fsp3) is 0.346. The van der Waals surface area contributed by atoms with Crippen LogP contribution in [-0.4, -0.2) is 36.2 Å². The molecule has 0 spiro atoms. The number of halogens is 3. The fourth-order valence-corrected chi connectivity index (χ4v) is 4.32. The van der Waals surface area contributed by atoms with Crippen LogP contribution < -0.4 is 10.3 Å². The van der Waals surface area contributed by atoms with E-state index in [4.69, 9.17) is 4.74 Å². The summed E-state index contributed by atoms with van der Waals surface area (Å²) >= 11 is 0. The second kappa shape index (κ2) is 9.45. The van der Waals surface area contributed by atoms with E-state index in [2.05, 4.69) is 19.9 Å². The van der Waals surface area contributed by atoms with Gasteiger partial charge in [0.15, 0.2) is 5.69 Å². The van der Waals surface area contributed by atoms with Crippen LogP contribution in [0.3, 0.4) is 0 Å². The van der Waals surface area contributed by atoms with Crippen LogP contribution in [0.15, 0.2) is 47.8 Å². The quantitative estimate of drug-likeness (QED) is 0.353. The van der Waals surface area contributed by atoms with Crippen LogP contribution in [0.1, 0.15) is 48.2 Å². The highest BCUT2D eigenvalue weighted by Gasteiger charge is 2.35. The molecule has 37 heavy (non-hydrogen) atoms. The van der Waals surface area contributed by atoms with Gasteiger partial charge in [-0.05, 0) is 32.3 Å². The predicted octanol–water partition coefficient (Wildman–Crippen LogP) is 4.85. The highest BCUT2D eigenvalue weighted by Crippen LogP contribution is 2.45. The van der Waals surface area contributed by atoms with Gasteiger partial charge in [-0.2, -0.15) is 13.2 Å². The van der Waals surface area contributed by atoms with Crippen molar-refractivity contribution >= 4 is 0 Å².